The van der Waals surface area contributed by atoms with Crippen molar-refractivity contribution >= 4 is 17.5 Å². The van der Waals surface area contributed by atoms with Gasteiger partial charge in [0.1, 0.15) is 6.61 Å². The Morgan fingerprint density at radius 1 is 1.23 bits per heavy atom. The summed E-state index contributed by atoms with van der Waals surface area (Å²) in [5.41, 5.74) is 0.868. The molecule has 0 saturated carbocycles. The molecule has 0 aliphatic heterocycles. The summed E-state index contributed by atoms with van der Waals surface area (Å²) in [5, 5.41) is 13.3. The number of carbonyl (C=O) groups is 1. The van der Waals surface area contributed by atoms with E-state index in [1.165, 1.54) is 25.3 Å². The van der Waals surface area contributed by atoms with Gasteiger partial charge in [0.05, 0.1) is 17.7 Å². The van der Waals surface area contributed by atoms with Crippen molar-refractivity contribution in [3.8, 4) is 5.75 Å². The lowest BCUT2D eigenvalue weighted by atomic mass is 10.2. The van der Waals surface area contributed by atoms with E-state index in [4.69, 9.17) is 9.47 Å². The third kappa shape index (κ3) is 3.95. The molecule has 0 radical (unpaired) electrons. The van der Waals surface area contributed by atoms with Crippen LogP contribution in [0.2, 0.25) is 0 Å². The standard InChI is InChI=1S/C15H14N2O5/c1-21-14-8-7-12(9-13(14)17(19)20)16-15(18)22-10-11-5-3-2-4-6-11/h2-9H,10H2,1H3,(H,16,18). The Balaban J connectivity index is 1.99. The zero-order valence-electron chi connectivity index (χ0n) is 11.8. The van der Waals surface area contributed by atoms with Crippen LogP contribution in [0.3, 0.4) is 0 Å². The summed E-state index contributed by atoms with van der Waals surface area (Å²) in [5.74, 6) is 0.119. The Bertz CT molecular complexity index is 673. The molecule has 7 heteroatoms. The van der Waals surface area contributed by atoms with Crippen LogP contribution in [-0.4, -0.2) is 18.1 Å². The van der Waals surface area contributed by atoms with E-state index >= 15 is 0 Å². The second kappa shape index (κ2) is 7.07. The minimum Gasteiger partial charge on any atom is -0.490 e. The molecule has 114 valence electrons. The monoisotopic (exact) mass is 302 g/mol. The number of methoxy groups -OCH3 is 1. The van der Waals surface area contributed by atoms with Gasteiger partial charge in [-0.2, -0.15) is 0 Å². The first-order chi connectivity index (χ1) is 10.6. The fraction of sp³-hybridized carbons (Fsp3) is 0.133. The van der Waals surface area contributed by atoms with Crippen LogP contribution in [0.15, 0.2) is 48.5 Å². The summed E-state index contributed by atoms with van der Waals surface area (Å²) < 4.78 is 9.92. The first kappa shape index (κ1) is 15.3. The molecular weight excluding hydrogens is 288 g/mol. The average molecular weight is 302 g/mol. The smallest absolute Gasteiger partial charge is 0.411 e. The second-order valence-electron chi connectivity index (χ2n) is 4.33. The molecule has 0 aliphatic carbocycles. The van der Waals surface area contributed by atoms with Crippen LogP contribution in [-0.2, 0) is 11.3 Å². The van der Waals surface area contributed by atoms with E-state index in [2.05, 4.69) is 5.32 Å². The molecule has 0 saturated heterocycles. The van der Waals surface area contributed by atoms with E-state index in [9.17, 15) is 14.9 Å². The molecule has 2 aromatic rings. The number of hydrogen-bond donors (Lipinski definition) is 1. The quantitative estimate of drug-likeness (QED) is 0.675. The lowest BCUT2D eigenvalue weighted by Crippen LogP contribution is -2.13. The zero-order valence-corrected chi connectivity index (χ0v) is 11.8. The molecule has 0 spiro atoms. The van der Waals surface area contributed by atoms with E-state index < -0.39 is 11.0 Å². The fourth-order valence-corrected chi connectivity index (χ4v) is 1.79. The minimum absolute atomic E-state index is 0.116. The molecule has 22 heavy (non-hydrogen) atoms. The van der Waals surface area contributed by atoms with Gasteiger partial charge in [-0.25, -0.2) is 4.79 Å². The molecule has 0 aliphatic rings. The van der Waals surface area contributed by atoms with Crippen molar-refractivity contribution in [3.05, 3.63) is 64.2 Å². The van der Waals surface area contributed by atoms with E-state index in [1.807, 2.05) is 30.3 Å². The van der Waals surface area contributed by atoms with Crippen molar-refractivity contribution in [2.24, 2.45) is 0 Å². The predicted octanol–water partition coefficient (Wildman–Crippen LogP) is 3.35. The molecule has 0 fully saturated rings. The van der Waals surface area contributed by atoms with E-state index in [-0.39, 0.29) is 23.7 Å². The lowest BCUT2D eigenvalue weighted by Gasteiger charge is -2.08. The van der Waals surface area contributed by atoms with Crippen LogP contribution >= 0.6 is 0 Å². The van der Waals surface area contributed by atoms with Crippen molar-refractivity contribution in [3.63, 3.8) is 0 Å². The van der Waals surface area contributed by atoms with Gasteiger partial charge in [-0.15, -0.1) is 0 Å². The first-order valence-electron chi connectivity index (χ1n) is 6.40. The molecule has 0 heterocycles. The number of nitrogens with one attached hydrogen (secondary N) is 1. The summed E-state index contributed by atoms with van der Waals surface area (Å²) in [7, 11) is 1.34. The Labute approximate surface area is 126 Å². The third-order valence-corrected chi connectivity index (χ3v) is 2.83. The molecule has 1 amide bonds. The van der Waals surface area contributed by atoms with E-state index in [1.54, 1.807) is 0 Å². The van der Waals surface area contributed by atoms with Crippen LogP contribution in [0.25, 0.3) is 0 Å². The number of ether oxygens (including phenoxy) is 2. The topological polar surface area (TPSA) is 90.7 Å². The highest BCUT2D eigenvalue weighted by Crippen LogP contribution is 2.29. The van der Waals surface area contributed by atoms with Gasteiger partial charge in [-0.1, -0.05) is 30.3 Å². The number of hydrogen-bond acceptors (Lipinski definition) is 5. The van der Waals surface area contributed by atoms with E-state index in [0.717, 1.165) is 5.56 Å². The molecular formula is C15H14N2O5. The number of nitro groups is 1. The highest BCUT2D eigenvalue weighted by molar-refractivity contribution is 5.85. The number of nitro benzene ring substituents is 1. The van der Waals surface area contributed by atoms with Crippen molar-refractivity contribution in [1.82, 2.24) is 0 Å². The van der Waals surface area contributed by atoms with Crippen molar-refractivity contribution in [1.29, 1.82) is 0 Å². The second-order valence-corrected chi connectivity index (χ2v) is 4.33. The summed E-state index contributed by atoms with van der Waals surface area (Å²) in [6, 6.07) is 13.3. The highest BCUT2D eigenvalue weighted by atomic mass is 16.6. The number of amides is 1. The molecule has 0 atom stereocenters. The van der Waals surface area contributed by atoms with Gasteiger partial charge < -0.3 is 9.47 Å². The predicted molar refractivity (Wildman–Crippen MR) is 79.9 cm³/mol. The molecule has 2 rings (SSSR count). The molecule has 1 N–H and O–H groups in total. The number of benzene rings is 2. The number of nitrogens with zero attached hydrogens (tertiary/aromatic N) is 1. The molecule has 0 bridgehead atoms. The third-order valence-electron chi connectivity index (χ3n) is 2.83. The van der Waals surface area contributed by atoms with Crippen LogP contribution in [0.4, 0.5) is 16.2 Å². The van der Waals surface area contributed by atoms with Gasteiger partial charge in [-0.3, -0.25) is 15.4 Å². The average Bonchev–Trinajstić information content (AvgIpc) is 2.54. The zero-order chi connectivity index (χ0) is 15.9. The molecule has 2 aromatic carbocycles. The number of anilines is 1. The first-order valence-corrected chi connectivity index (χ1v) is 6.40. The SMILES string of the molecule is COc1ccc(NC(=O)OCc2ccccc2)cc1[N+](=O)[O-]. The van der Waals surface area contributed by atoms with Crippen molar-refractivity contribution < 1.29 is 19.2 Å². The number of rotatable bonds is 5. The maximum Gasteiger partial charge on any atom is 0.411 e. The summed E-state index contributed by atoms with van der Waals surface area (Å²) in [4.78, 5) is 22.0. The Kier molecular flexibility index (Phi) is 4.92. The van der Waals surface area contributed by atoms with Gasteiger partial charge in [-0.05, 0) is 17.7 Å². The lowest BCUT2D eigenvalue weighted by molar-refractivity contribution is -0.385. The molecule has 7 nitrogen and oxygen atoms in total. The van der Waals surface area contributed by atoms with Gasteiger partial charge in [0, 0.05) is 6.07 Å². The number of carbonyl (C=O) groups excluding carboxylic acids is 1. The Morgan fingerprint density at radius 2 is 1.95 bits per heavy atom. The summed E-state index contributed by atoms with van der Waals surface area (Å²) in [6.45, 7) is 0.116. The molecule has 0 unspecified atom stereocenters. The van der Waals surface area contributed by atoms with Crippen LogP contribution in [0, 0.1) is 10.1 Å². The van der Waals surface area contributed by atoms with Crippen LogP contribution in [0.5, 0.6) is 5.75 Å². The van der Waals surface area contributed by atoms with Gasteiger partial charge in [0.25, 0.3) is 0 Å². The van der Waals surface area contributed by atoms with Crippen LogP contribution < -0.4 is 10.1 Å². The van der Waals surface area contributed by atoms with Gasteiger partial charge in [0.15, 0.2) is 5.75 Å². The maximum absolute atomic E-state index is 11.7. The normalized spacial score (nSPS) is 9.86. The van der Waals surface area contributed by atoms with Crippen LogP contribution in [0.1, 0.15) is 5.56 Å². The summed E-state index contributed by atoms with van der Waals surface area (Å²) >= 11 is 0. The van der Waals surface area contributed by atoms with Gasteiger partial charge in [0.2, 0.25) is 0 Å². The molecule has 0 aromatic heterocycles. The fourth-order valence-electron chi connectivity index (χ4n) is 1.79. The van der Waals surface area contributed by atoms with E-state index in [0.29, 0.717) is 0 Å². The largest absolute Gasteiger partial charge is 0.490 e. The van der Waals surface area contributed by atoms with Crippen molar-refractivity contribution in [2.45, 2.75) is 6.61 Å². The van der Waals surface area contributed by atoms with Gasteiger partial charge >= 0.3 is 11.8 Å². The van der Waals surface area contributed by atoms with Crippen molar-refractivity contribution in [2.75, 3.05) is 12.4 Å². The summed E-state index contributed by atoms with van der Waals surface area (Å²) in [6.07, 6.45) is -0.691. The maximum atomic E-state index is 11.7. The Hall–Kier alpha value is -3.09. The Morgan fingerprint density at radius 3 is 2.59 bits per heavy atom. The minimum atomic E-state index is -0.691. The highest BCUT2D eigenvalue weighted by Gasteiger charge is 2.16.